The van der Waals surface area contributed by atoms with Gasteiger partial charge in [-0.1, -0.05) is 25.1 Å². The van der Waals surface area contributed by atoms with Crippen molar-refractivity contribution < 1.29 is 14.3 Å². The lowest BCUT2D eigenvalue weighted by molar-refractivity contribution is -0.143. The molecule has 0 aliphatic heterocycles. The van der Waals surface area contributed by atoms with Crippen LogP contribution >= 0.6 is 0 Å². The summed E-state index contributed by atoms with van der Waals surface area (Å²) in [5.41, 5.74) is 0. The Morgan fingerprint density at radius 3 is 2.50 bits per heavy atom. The summed E-state index contributed by atoms with van der Waals surface area (Å²) in [4.78, 5) is 10.8. The van der Waals surface area contributed by atoms with Gasteiger partial charge in [0.1, 0.15) is 5.75 Å². The zero-order valence-corrected chi connectivity index (χ0v) is 9.65. The van der Waals surface area contributed by atoms with E-state index in [4.69, 9.17) is 9.47 Å². The number of esters is 1. The standard InChI is InChI=1S/C13H18O3/c1-2-13(14)16-11-7-6-10-15-12-8-4-3-5-9-12/h3-5,8-9H,2,6-7,10-11H2,1H3. The number of carbonyl (C=O) groups is 1. The van der Waals surface area contributed by atoms with E-state index < -0.39 is 0 Å². The molecule has 0 saturated carbocycles. The molecule has 0 unspecified atom stereocenters. The zero-order valence-electron chi connectivity index (χ0n) is 9.65. The summed E-state index contributed by atoms with van der Waals surface area (Å²) in [5, 5.41) is 0. The molecule has 1 rings (SSSR count). The lowest BCUT2D eigenvalue weighted by Gasteiger charge is -2.06. The largest absolute Gasteiger partial charge is 0.494 e. The van der Waals surface area contributed by atoms with Crippen molar-refractivity contribution in [3.63, 3.8) is 0 Å². The van der Waals surface area contributed by atoms with Crippen molar-refractivity contribution in [1.29, 1.82) is 0 Å². The molecule has 1 aromatic carbocycles. The Morgan fingerprint density at radius 1 is 1.12 bits per heavy atom. The fraction of sp³-hybridized carbons (Fsp3) is 0.462. The van der Waals surface area contributed by atoms with Crippen molar-refractivity contribution in [1.82, 2.24) is 0 Å². The smallest absolute Gasteiger partial charge is 0.305 e. The predicted molar refractivity (Wildman–Crippen MR) is 62.4 cm³/mol. The minimum absolute atomic E-state index is 0.135. The van der Waals surface area contributed by atoms with Crippen LogP contribution in [0.3, 0.4) is 0 Å². The minimum atomic E-state index is -0.135. The lowest BCUT2D eigenvalue weighted by atomic mass is 10.3. The number of para-hydroxylation sites is 1. The highest BCUT2D eigenvalue weighted by Gasteiger charge is 1.97. The molecule has 0 saturated heterocycles. The van der Waals surface area contributed by atoms with Crippen LogP contribution in [-0.4, -0.2) is 19.2 Å². The molecule has 0 radical (unpaired) electrons. The van der Waals surface area contributed by atoms with E-state index in [1.165, 1.54) is 0 Å². The van der Waals surface area contributed by atoms with Gasteiger partial charge in [-0.25, -0.2) is 0 Å². The van der Waals surface area contributed by atoms with E-state index in [1.807, 2.05) is 30.3 Å². The second kappa shape index (κ2) is 7.74. The maximum atomic E-state index is 10.8. The van der Waals surface area contributed by atoms with Crippen molar-refractivity contribution in [3.05, 3.63) is 30.3 Å². The topological polar surface area (TPSA) is 35.5 Å². The van der Waals surface area contributed by atoms with Crippen LogP contribution in [0.5, 0.6) is 5.75 Å². The summed E-state index contributed by atoms with van der Waals surface area (Å²) in [5.74, 6) is 0.747. The Morgan fingerprint density at radius 2 is 1.81 bits per heavy atom. The number of hydrogen-bond donors (Lipinski definition) is 0. The van der Waals surface area contributed by atoms with E-state index >= 15 is 0 Å². The average molecular weight is 222 g/mol. The van der Waals surface area contributed by atoms with Gasteiger partial charge >= 0.3 is 5.97 Å². The lowest BCUT2D eigenvalue weighted by Crippen LogP contribution is -2.05. The summed E-state index contributed by atoms with van der Waals surface area (Å²) in [6, 6.07) is 9.70. The molecule has 16 heavy (non-hydrogen) atoms. The van der Waals surface area contributed by atoms with Crippen LogP contribution in [0.2, 0.25) is 0 Å². The zero-order chi connectivity index (χ0) is 11.6. The molecule has 0 atom stereocenters. The maximum Gasteiger partial charge on any atom is 0.305 e. The van der Waals surface area contributed by atoms with Crippen LogP contribution in [0.4, 0.5) is 0 Å². The quantitative estimate of drug-likeness (QED) is 0.525. The second-order valence-electron chi connectivity index (χ2n) is 3.44. The molecule has 0 bridgehead atoms. The molecular formula is C13H18O3. The van der Waals surface area contributed by atoms with Crippen LogP contribution in [0.15, 0.2) is 30.3 Å². The SMILES string of the molecule is CCC(=O)OCCCCOc1ccccc1. The monoisotopic (exact) mass is 222 g/mol. The Kier molecular flexibility index (Phi) is 6.07. The van der Waals surface area contributed by atoms with E-state index in [0.717, 1.165) is 18.6 Å². The first kappa shape index (κ1) is 12.6. The molecule has 0 amide bonds. The molecule has 88 valence electrons. The maximum absolute atomic E-state index is 10.8. The number of carbonyl (C=O) groups excluding carboxylic acids is 1. The van der Waals surface area contributed by atoms with Gasteiger partial charge in [0, 0.05) is 6.42 Å². The van der Waals surface area contributed by atoms with Crippen LogP contribution in [0.25, 0.3) is 0 Å². The third-order valence-electron chi connectivity index (χ3n) is 2.10. The number of hydrogen-bond acceptors (Lipinski definition) is 3. The molecule has 0 aliphatic carbocycles. The molecule has 0 aromatic heterocycles. The highest BCUT2D eigenvalue weighted by Crippen LogP contribution is 2.08. The van der Waals surface area contributed by atoms with Gasteiger partial charge in [-0.15, -0.1) is 0 Å². The molecule has 0 fully saturated rings. The Bertz CT molecular complexity index is 295. The molecular weight excluding hydrogens is 204 g/mol. The molecule has 0 aliphatic rings. The van der Waals surface area contributed by atoms with E-state index in [2.05, 4.69) is 0 Å². The number of ether oxygens (including phenoxy) is 2. The molecule has 0 heterocycles. The highest BCUT2D eigenvalue weighted by atomic mass is 16.5. The summed E-state index contributed by atoms with van der Waals surface area (Å²) in [7, 11) is 0. The van der Waals surface area contributed by atoms with E-state index in [-0.39, 0.29) is 5.97 Å². The predicted octanol–water partition coefficient (Wildman–Crippen LogP) is 2.80. The summed E-state index contributed by atoms with van der Waals surface area (Å²) in [6.45, 7) is 2.94. The highest BCUT2D eigenvalue weighted by molar-refractivity contribution is 5.68. The summed E-state index contributed by atoms with van der Waals surface area (Å²) in [6.07, 6.45) is 2.19. The molecule has 1 aromatic rings. The Labute approximate surface area is 96.4 Å². The van der Waals surface area contributed by atoms with Gasteiger partial charge in [0.15, 0.2) is 0 Å². The van der Waals surface area contributed by atoms with Gasteiger partial charge in [0.25, 0.3) is 0 Å². The normalized spacial score (nSPS) is 9.81. The van der Waals surface area contributed by atoms with Crippen molar-refractivity contribution in [2.75, 3.05) is 13.2 Å². The van der Waals surface area contributed by atoms with Crippen molar-refractivity contribution in [2.45, 2.75) is 26.2 Å². The molecule has 3 nitrogen and oxygen atoms in total. The van der Waals surface area contributed by atoms with E-state index in [0.29, 0.717) is 19.6 Å². The first-order valence-electron chi connectivity index (χ1n) is 5.66. The number of benzene rings is 1. The first-order valence-corrected chi connectivity index (χ1v) is 5.66. The first-order chi connectivity index (χ1) is 7.83. The van der Waals surface area contributed by atoms with Crippen LogP contribution in [-0.2, 0) is 9.53 Å². The molecule has 0 N–H and O–H groups in total. The van der Waals surface area contributed by atoms with Crippen molar-refractivity contribution in [2.24, 2.45) is 0 Å². The minimum Gasteiger partial charge on any atom is -0.494 e. The molecule has 0 spiro atoms. The second-order valence-corrected chi connectivity index (χ2v) is 3.44. The fourth-order valence-electron chi connectivity index (χ4n) is 1.20. The van der Waals surface area contributed by atoms with Crippen LogP contribution < -0.4 is 4.74 Å². The van der Waals surface area contributed by atoms with Crippen molar-refractivity contribution in [3.8, 4) is 5.75 Å². The van der Waals surface area contributed by atoms with Gasteiger partial charge in [-0.3, -0.25) is 4.79 Å². The van der Waals surface area contributed by atoms with E-state index in [1.54, 1.807) is 6.92 Å². The fourth-order valence-corrected chi connectivity index (χ4v) is 1.20. The van der Waals surface area contributed by atoms with Gasteiger partial charge in [0.05, 0.1) is 13.2 Å². The van der Waals surface area contributed by atoms with Gasteiger partial charge in [0.2, 0.25) is 0 Å². The Balaban J connectivity index is 1.98. The summed E-state index contributed by atoms with van der Waals surface area (Å²) < 4.78 is 10.4. The molecule has 3 heteroatoms. The number of rotatable bonds is 7. The Hall–Kier alpha value is -1.51. The average Bonchev–Trinajstić information content (AvgIpc) is 2.34. The third kappa shape index (κ3) is 5.39. The summed E-state index contributed by atoms with van der Waals surface area (Å²) >= 11 is 0. The van der Waals surface area contributed by atoms with Gasteiger partial charge in [-0.2, -0.15) is 0 Å². The van der Waals surface area contributed by atoms with Crippen LogP contribution in [0, 0.1) is 0 Å². The number of unbranched alkanes of at least 4 members (excludes halogenated alkanes) is 1. The van der Waals surface area contributed by atoms with Crippen molar-refractivity contribution >= 4 is 5.97 Å². The van der Waals surface area contributed by atoms with Gasteiger partial charge in [-0.05, 0) is 25.0 Å². The van der Waals surface area contributed by atoms with Gasteiger partial charge < -0.3 is 9.47 Å². The van der Waals surface area contributed by atoms with Crippen LogP contribution in [0.1, 0.15) is 26.2 Å². The third-order valence-corrected chi connectivity index (χ3v) is 2.10. The van der Waals surface area contributed by atoms with E-state index in [9.17, 15) is 4.79 Å².